The van der Waals surface area contributed by atoms with Gasteiger partial charge in [-0.05, 0) is 30.5 Å². The zero-order chi connectivity index (χ0) is 19.8. The molecule has 1 atom stereocenters. The third kappa shape index (κ3) is 5.80. The lowest BCUT2D eigenvalue weighted by molar-refractivity contribution is -0.881. The van der Waals surface area contributed by atoms with Gasteiger partial charge in [0.1, 0.15) is 10.8 Å². The number of thiophene rings is 1. The Morgan fingerprint density at radius 1 is 1.11 bits per heavy atom. The largest absolute Gasteiger partial charge is 0.495 e. The number of amides is 3. The number of ether oxygens (including phenoxy) is 1. The smallest absolute Gasteiger partial charge is 0.280 e. The van der Waals surface area contributed by atoms with Gasteiger partial charge in [0.2, 0.25) is 0 Å². The Balaban J connectivity index is 1.92. The Morgan fingerprint density at radius 3 is 2.41 bits per heavy atom. The van der Waals surface area contributed by atoms with Crippen LogP contribution < -0.4 is 26.0 Å². The number of nitrogens with one attached hydrogen (secondary N) is 3. The van der Waals surface area contributed by atoms with E-state index in [0.717, 1.165) is 4.90 Å². The second kappa shape index (κ2) is 9.70. The van der Waals surface area contributed by atoms with Crippen molar-refractivity contribution in [3.8, 4) is 5.75 Å². The molecule has 1 aromatic heterocycles. The molecule has 8 nitrogen and oxygen atoms in total. The summed E-state index contributed by atoms with van der Waals surface area (Å²) in [5.74, 6) is -0.541. The second-order valence-electron chi connectivity index (χ2n) is 5.78. The molecule has 27 heavy (non-hydrogen) atoms. The van der Waals surface area contributed by atoms with Crippen LogP contribution in [0.25, 0.3) is 0 Å². The average Bonchev–Trinajstić information content (AvgIpc) is 3.09. The Bertz CT molecular complexity index is 821. The summed E-state index contributed by atoms with van der Waals surface area (Å²) in [5, 5.41) is 7.58. The molecule has 2 aromatic rings. The van der Waals surface area contributed by atoms with Crippen molar-refractivity contribution in [2.24, 2.45) is 5.73 Å². The van der Waals surface area contributed by atoms with Crippen molar-refractivity contribution >= 4 is 39.7 Å². The van der Waals surface area contributed by atoms with Gasteiger partial charge in [-0.25, -0.2) is 0 Å². The van der Waals surface area contributed by atoms with Crippen LogP contribution in [0, 0.1) is 0 Å². The van der Waals surface area contributed by atoms with Crippen LogP contribution in [0.4, 0.5) is 10.7 Å². The fourth-order valence-corrected chi connectivity index (χ4v) is 3.29. The number of carbonyl (C=O) groups excluding carboxylic acids is 3. The molecule has 9 heteroatoms. The SMILES string of the molecule is CC[NH+](CC(=O)Nc1ccccc1OC)CC(=O)Nc1sccc1C(N)=O. The normalized spacial score (nSPS) is 11.5. The van der Waals surface area contributed by atoms with Gasteiger partial charge in [-0.1, -0.05) is 12.1 Å². The number of para-hydroxylation sites is 2. The van der Waals surface area contributed by atoms with E-state index in [9.17, 15) is 14.4 Å². The van der Waals surface area contributed by atoms with E-state index in [4.69, 9.17) is 10.5 Å². The number of likely N-dealkylation sites (N-methyl/N-ethyl adjacent to an activating group) is 1. The summed E-state index contributed by atoms with van der Waals surface area (Å²) in [6, 6.07) is 8.68. The minimum absolute atomic E-state index is 0.0892. The maximum absolute atomic E-state index is 12.3. The zero-order valence-corrected chi connectivity index (χ0v) is 16.0. The molecule has 0 aliphatic heterocycles. The van der Waals surface area contributed by atoms with E-state index in [1.54, 1.807) is 29.6 Å². The Kier molecular flexibility index (Phi) is 7.33. The first-order chi connectivity index (χ1) is 12.9. The molecular formula is C18H23N4O4S+. The molecule has 0 aliphatic carbocycles. The molecule has 1 heterocycles. The lowest BCUT2D eigenvalue weighted by atomic mass is 10.3. The highest BCUT2D eigenvalue weighted by molar-refractivity contribution is 7.14. The zero-order valence-electron chi connectivity index (χ0n) is 15.2. The Labute approximate surface area is 161 Å². The van der Waals surface area contributed by atoms with Crippen LogP contribution in [-0.2, 0) is 9.59 Å². The first-order valence-electron chi connectivity index (χ1n) is 8.38. The molecule has 0 saturated heterocycles. The van der Waals surface area contributed by atoms with Crippen LogP contribution >= 0.6 is 11.3 Å². The fraction of sp³-hybridized carbons (Fsp3) is 0.278. The molecule has 0 fully saturated rings. The summed E-state index contributed by atoms with van der Waals surface area (Å²) in [6.45, 7) is 2.68. The van der Waals surface area contributed by atoms with Crippen molar-refractivity contribution in [1.29, 1.82) is 0 Å². The van der Waals surface area contributed by atoms with E-state index in [0.29, 0.717) is 23.0 Å². The van der Waals surface area contributed by atoms with E-state index >= 15 is 0 Å². The van der Waals surface area contributed by atoms with Crippen LogP contribution in [-0.4, -0.2) is 44.5 Å². The predicted octanol–water partition coefficient (Wildman–Crippen LogP) is 0.338. The van der Waals surface area contributed by atoms with Crippen LogP contribution in [0.1, 0.15) is 17.3 Å². The van der Waals surface area contributed by atoms with Crippen LogP contribution in [0.3, 0.4) is 0 Å². The monoisotopic (exact) mass is 391 g/mol. The molecule has 144 valence electrons. The molecule has 0 saturated carbocycles. The molecule has 0 bridgehead atoms. The predicted molar refractivity (Wildman–Crippen MR) is 104 cm³/mol. The van der Waals surface area contributed by atoms with Gasteiger partial charge >= 0.3 is 0 Å². The standard InChI is InChI=1S/C18H22N4O4S/c1-3-22(10-15(23)20-13-6-4-5-7-14(13)26-2)11-16(24)21-18-12(17(19)25)8-9-27-18/h4-9H,3,10-11H2,1-2H3,(H2,19,25)(H,20,23)(H,21,24)/p+1. The molecule has 0 spiro atoms. The highest BCUT2D eigenvalue weighted by Gasteiger charge is 2.19. The summed E-state index contributed by atoms with van der Waals surface area (Å²) in [5.41, 5.74) is 6.13. The molecule has 5 N–H and O–H groups in total. The van der Waals surface area contributed by atoms with E-state index in [1.807, 2.05) is 13.0 Å². The first kappa shape index (κ1) is 20.4. The Morgan fingerprint density at radius 2 is 1.78 bits per heavy atom. The number of rotatable bonds is 9. The third-order valence-corrected chi connectivity index (χ3v) is 4.72. The second-order valence-corrected chi connectivity index (χ2v) is 6.70. The summed E-state index contributed by atoms with van der Waals surface area (Å²) in [6.07, 6.45) is 0. The average molecular weight is 391 g/mol. The number of hydrogen-bond acceptors (Lipinski definition) is 5. The van der Waals surface area contributed by atoms with Crippen molar-refractivity contribution in [2.75, 3.05) is 37.4 Å². The van der Waals surface area contributed by atoms with Crippen LogP contribution in [0.15, 0.2) is 35.7 Å². The van der Waals surface area contributed by atoms with E-state index < -0.39 is 5.91 Å². The van der Waals surface area contributed by atoms with E-state index in [2.05, 4.69) is 10.6 Å². The summed E-state index contributed by atoms with van der Waals surface area (Å²) in [4.78, 5) is 36.7. The molecule has 3 amide bonds. The van der Waals surface area contributed by atoms with Crippen molar-refractivity contribution < 1.29 is 24.0 Å². The number of quaternary nitrogens is 1. The fourth-order valence-electron chi connectivity index (χ4n) is 2.48. The van der Waals surface area contributed by atoms with Crippen LogP contribution in [0.2, 0.25) is 0 Å². The summed E-state index contributed by atoms with van der Waals surface area (Å²) >= 11 is 1.23. The van der Waals surface area contributed by atoms with Gasteiger partial charge in [0, 0.05) is 0 Å². The molecule has 0 aliphatic rings. The number of methoxy groups -OCH3 is 1. The van der Waals surface area contributed by atoms with Gasteiger partial charge in [0.05, 0.1) is 24.9 Å². The highest BCUT2D eigenvalue weighted by Crippen LogP contribution is 2.23. The van der Waals surface area contributed by atoms with Crippen molar-refractivity contribution in [1.82, 2.24) is 0 Å². The molecule has 1 unspecified atom stereocenters. The lowest BCUT2D eigenvalue weighted by Crippen LogP contribution is -3.13. The van der Waals surface area contributed by atoms with Gasteiger partial charge in [-0.3, -0.25) is 14.4 Å². The number of hydrogen-bond donors (Lipinski definition) is 4. The van der Waals surface area contributed by atoms with Gasteiger partial charge in [-0.2, -0.15) is 0 Å². The third-order valence-electron chi connectivity index (χ3n) is 3.89. The maximum Gasteiger partial charge on any atom is 0.280 e. The Hall–Kier alpha value is -2.91. The molecule has 0 radical (unpaired) electrons. The summed E-state index contributed by atoms with van der Waals surface area (Å²) < 4.78 is 5.21. The molecule has 1 aromatic carbocycles. The van der Waals surface area contributed by atoms with Crippen molar-refractivity contribution in [2.45, 2.75) is 6.92 Å². The van der Waals surface area contributed by atoms with Gasteiger partial charge < -0.3 is 26.0 Å². The maximum atomic E-state index is 12.3. The van der Waals surface area contributed by atoms with Crippen LogP contribution in [0.5, 0.6) is 5.75 Å². The summed E-state index contributed by atoms with van der Waals surface area (Å²) in [7, 11) is 1.53. The molecule has 2 rings (SSSR count). The van der Waals surface area contributed by atoms with Gasteiger partial charge in [0.15, 0.2) is 13.1 Å². The minimum Gasteiger partial charge on any atom is -0.495 e. The number of nitrogens with two attached hydrogens (primary N) is 1. The minimum atomic E-state index is -0.595. The van der Waals surface area contributed by atoms with Crippen molar-refractivity contribution in [3.63, 3.8) is 0 Å². The first-order valence-corrected chi connectivity index (χ1v) is 9.26. The van der Waals surface area contributed by atoms with Gasteiger partial charge in [-0.15, -0.1) is 11.3 Å². The number of anilines is 2. The highest BCUT2D eigenvalue weighted by atomic mass is 32.1. The molecular weight excluding hydrogens is 368 g/mol. The topological polar surface area (TPSA) is 115 Å². The number of carbonyl (C=O) groups is 3. The quantitative estimate of drug-likeness (QED) is 0.493. The van der Waals surface area contributed by atoms with Crippen molar-refractivity contribution in [3.05, 3.63) is 41.3 Å². The van der Waals surface area contributed by atoms with E-state index in [-0.39, 0.29) is 30.5 Å². The number of primary amides is 1. The lowest BCUT2D eigenvalue weighted by Gasteiger charge is -2.17. The number of benzene rings is 1. The van der Waals surface area contributed by atoms with Gasteiger partial charge in [0.25, 0.3) is 17.7 Å². The van der Waals surface area contributed by atoms with E-state index in [1.165, 1.54) is 18.4 Å².